The second-order valence-corrected chi connectivity index (χ2v) is 7.04. The topological polar surface area (TPSA) is 21.3 Å². The van der Waals surface area contributed by atoms with Crippen LogP contribution in [-0.2, 0) is 4.74 Å². The van der Waals surface area contributed by atoms with Crippen molar-refractivity contribution in [2.24, 2.45) is 11.3 Å². The predicted molar refractivity (Wildman–Crippen MR) is 74.7 cm³/mol. The van der Waals surface area contributed by atoms with Crippen molar-refractivity contribution >= 4 is 0 Å². The van der Waals surface area contributed by atoms with Crippen LogP contribution in [0.3, 0.4) is 0 Å². The molecule has 0 amide bonds. The van der Waals surface area contributed by atoms with Gasteiger partial charge in [0.1, 0.15) is 0 Å². The van der Waals surface area contributed by atoms with Crippen LogP contribution in [0.4, 0.5) is 0 Å². The molecule has 3 fully saturated rings. The Morgan fingerprint density at radius 2 is 1.83 bits per heavy atom. The summed E-state index contributed by atoms with van der Waals surface area (Å²) in [6.07, 6.45) is 13.4. The average molecular weight is 251 g/mol. The predicted octanol–water partition coefficient (Wildman–Crippen LogP) is 3.50. The smallest absolute Gasteiger partial charge is 0.0665 e. The van der Waals surface area contributed by atoms with Crippen LogP contribution in [-0.4, -0.2) is 25.3 Å². The maximum absolute atomic E-state index is 6.53. The third kappa shape index (κ3) is 2.12. The number of hydrogen-bond donors (Lipinski definition) is 1. The molecule has 0 bridgehead atoms. The van der Waals surface area contributed by atoms with Gasteiger partial charge < -0.3 is 10.1 Å². The van der Waals surface area contributed by atoms with Gasteiger partial charge in [-0.05, 0) is 45.1 Å². The number of nitrogens with one attached hydrogen (secondary N) is 1. The second kappa shape index (κ2) is 5.13. The lowest BCUT2D eigenvalue weighted by Gasteiger charge is -2.55. The van der Waals surface area contributed by atoms with Crippen molar-refractivity contribution in [3.05, 3.63) is 0 Å². The average Bonchev–Trinajstić information content (AvgIpc) is 2.86. The molecule has 0 aromatic rings. The Labute approximate surface area is 112 Å². The maximum Gasteiger partial charge on any atom is 0.0665 e. The Morgan fingerprint density at radius 3 is 2.50 bits per heavy atom. The summed E-state index contributed by atoms with van der Waals surface area (Å²) in [5.74, 6) is 0.878. The molecule has 3 aliphatic carbocycles. The Kier molecular flexibility index (Phi) is 3.68. The molecule has 0 aliphatic heterocycles. The highest BCUT2D eigenvalue weighted by molar-refractivity contribution is 5.09. The van der Waals surface area contributed by atoms with Gasteiger partial charge in [0.05, 0.1) is 12.2 Å². The molecule has 0 radical (unpaired) electrons. The quantitative estimate of drug-likeness (QED) is 0.829. The zero-order valence-corrected chi connectivity index (χ0v) is 12.1. The molecular weight excluding hydrogens is 222 g/mol. The molecule has 4 unspecified atom stereocenters. The lowest BCUT2D eigenvalue weighted by Crippen LogP contribution is -2.62. The molecule has 1 spiro atoms. The van der Waals surface area contributed by atoms with E-state index in [0.29, 0.717) is 17.6 Å². The first kappa shape index (κ1) is 12.9. The van der Waals surface area contributed by atoms with E-state index < -0.39 is 0 Å². The van der Waals surface area contributed by atoms with Crippen LogP contribution < -0.4 is 5.32 Å². The van der Waals surface area contributed by atoms with E-state index in [0.717, 1.165) is 12.0 Å². The van der Waals surface area contributed by atoms with Gasteiger partial charge in [-0.15, -0.1) is 0 Å². The molecule has 0 aromatic carbocycles. The van der Waals surface area contributed by atoms with Crippen molar-refractivity contribution in [1.29, 1.82) is 0 Å². The van der Waals surface area contributed by atoms with Gasteiger partial charge in [0.2, 0.25) is 0 Å². The Bertz CT molecular complexity index is 285. The molecule has 0 heterocycles. The molecule has 4 atom stereocenters. The molecule has 0 saturated heterocycles. The SMILES string of the molecule is CNC1CC(OC2CCCC(C)C2)C12CCCC2. The monoisotopic (exact) mass is 251 g/mol. The van der Waals surface area contributed by atoms with Crippen LogP contribution in [0.15, 0.2) is 0 Å². The molecule has 0 aromatic heterocycles. The van der Waals surface area contributed by atoms with Crippen molar-refractivity contribution in [1.82, 2.24) is 5.32 Å². The van der Waals surface area contributed by atoms with Crippen LogP contribution in [0.1, 0.15) is 64.7 Å². The van der Waals surface area contributed by atoms with E-state index in [4.69, 9.17) is 4.74 Å². The molecule has 2 nitrogen and oxygen atoms in total. The van der Waals surface area contributed by atoms with E-state index in [-0.39, 0.29) is 0 Å². The zero-order chi connectivity index (χ0) is 12.6. The minimum absolute atomic E-state index is 0.509. The van der Waals surface area contributed by atoms with Gasteiger partial charge in [-0.1, -0.05) is 32.6 Å². The molecule has 18 heavy (non-hydrogen) atoms. The Hall–Kier alpha value is -0.0800. The second-order valence-electron chi connectivity index (χ2n) is 7.04. The summed E-state index contributed by atoms with van der Waals surface area (Å²) in [5.41, 5.74) is 0.509. The van der Waals surface area contributed by atoms with Gasteiger partial charge in [-0.25, -0.2) is 0 Å². The highest BCUT2D eigenvalue weighted by Gasteiger charge is 2.56. The first-order chi connectivity index (χ1) is 8.74. The number of ether oxygens (including phenoxy) is 1. The number of rotatable bonds is 3. The Morgan fingerprint density at radius 1 is 1.06 bits per heavy atom. The van der Waals surface area contributed by atoms with E-state index in [1.54, 1.807) is 0 Å². The number of hydrogen-bond acceptors (Lipinski definition) is 2. The minimum atomic E-state index is 0.509. The first-order valence-corrected chi connectivity index (χ1v) is 8.07. The van der Waals surface area contributed by atoms with Crippen LogP contribution in [0.25, 0.3) is 0 Å². The van der Waals surface area contributed by atoms with Gasteiger partial charge in [-0.3, -0.25) is 0 Å². The van der Waals surface area contributed by atoms with Gasteiger partial charge >= 0.3 is 0 Å². The summed E-state index contributed by atoms with van der Waals surface area (Å²) in [5, 5.41) is 3.53. The maximum atomic E-state index is 6.53. The fourth-order valence-corrected chi connectivity index (χ4v) is 4.78. The zero-order valence-electron chi connectivity index (χ0n) is 12.1. The van der Waals surface area contributed by atoms with E-state index in [9.17, 15) is 0 Å². The van der Waals surface area contributed by atoms with Crippen molar-refractivity contribution < 1.29 is 4.74 Å². The molecule has 104 valence electrons. The lowest BCUT2D eigenvalue weighted by atomic mass is 9.60. The molecule has 1 N–H and O–H groups in total. The normalized spacial score (nSPS) is 43.0. The molecular formula is C16H29NO. The summed E-state index contributed by atoms with van der Waals surface area (Å²) in [4.78, 5) is 0. The van der Waals surface area contributed by atoms with Crippen LogP contribution >= 0.6 is 0 Å². The highest BCUT2D eigenvalue weighted by atomic mass is 16.5. The standard InChI is InChI=1S/C16H29NO/c1-12-6-5-7-13(10-12)18-15-11-14(17-2)16(15)8-3-4-9-16/h12-15,17H,3-11H2,1-2H3. The van der Waals surface area contributed by atoms with Gasteiger partial charge in [0, 0.05) is 11.5 Å². The van der Waals surface area contributed by atoms with Gasteiger partial charge in [0.25, 0.3) is 0 Å². The van der Waals surface area contributed by atoms with Crippen molar-refractivity contribution in [3.8, 4) is 0 Å². The summed E-state index contributed by atoms with van der Waals surface area (Å²) in [6.45, 7) is 2.39. The van der Waals surface area contributed by atoms with E-state index in [1.807, 2.05) is 0 Å². The van der Waals surface area contributed by atoms with Crippen molar-refractivity contribution in [2.75, 3.05) is 7.05 Å². The van der Waals surface area contributed by atoms with Crippen LogP contribution in [0.2, 0.25) is 0 Å². The molecule has 2 heteroatoms. The molecule has 3 saturated carbocycles. The highest BCUT2D eigenvalue weighted by Crippen LogP contribution is 2.55. The summed E-state index contributed by atoms with van der Waals surface area (Å²) in [7, 11) is 2.13. The largest absolute Gasteiger partial charge is 0.374 e. The van der Waals surface area contributed by atoms with Crippen LogP contribution in [0, 0.1) is 11.3 Å². The third-order valence-electron chi connectivity index (χ3n) is 5.91. The van der Waals surface area contributed by atoms with Gasteiger partial charge in [-0.2, -0.15) is 0 Å². The molecule has 3 rings (SSSR count). The summed E-state index contributed by atoms with van der Waals surface area (Å²) >= 11 is 0. The van der Waals surface area contributed by atoms with E-state index in [1.165, 1.54) is 57.8 Å². The van der Waals surface area contributed by atoms with E-state index in [2.05, 4.69) is 19.3 Å². The fourth-order valence-electron chi connectivity index (χ4n) is 4.78. The van der Waals surface area contributed by atoms with Crippen LogP contribution in [0.5, 0.6) is 0 Å². The van der Waals surface area contributed by atoms with E-state index >= 15 is 0 Å². The third-order valence-corrected chi connectivity index (χ3v) is 5.91. The Balaban J connectivity index is 1.59. The fraction of sp³-hybridized carbons (Fsp3) is 1.00. The van der Waals surface area contributed by atoms with Crippen molar-refractivity contribution in [2.45, 2.75) is 83.0 Å². The summed E-state index contributed by atoms with van der Waals surface area (Å²) < 4.78 is 6.53. The molecule has 3 aliphatic rings. The lowest BCUT2D eigenvalue weighted by molar-refractivity contribution is -0.168. The van der Waals surface area contributed by atoms with Crippen molar-refractivity contribution in [3.63, 3.8) is 0 Å². The summed E-state index contributed by atoms with van der Waals surface area (Å²) in [6, 6.07) is 0.728. The van der Waals surface area contributed by atoms with Gasteiger partial charge in [0.15, 0.2) is 0 Å². The minimum Gasteiger partial charge on any atom is -0.374 e. The first-order valence-electron chi connectivity index (χ1n) is 8.07.